The minimum Gasteiger partial charge on any atom is -0.300 e. The van der Waals surface area contributed by atoms with E-state index in [9.17, 15) is 4.79 Å². The maximum atomic E-state index is 10.9. The van der Waals surface area contributed by atoms with Crippen molar-refractivity contribution in [3.8, 4) is 0 Å². The first-order valence-corrected chi connectivity index (χ1v) is 6.01. The van der Waals surface area contributed by atoms with E-state index in [1.807, 2.05) is 12.3 Å². The first kappa shape index (κ1) is 11.8. The number of carbonyl (C=O) groups is 1. The summed E-state index contributed by atoms with van der Waals surface area (Å²) in [4.78, 5) is 15.4. The second-order valence-corrected chi connectivity index (χ2v) is 4.50. The van der Waals surface area contributed by atoms with Crippen molar-refractivity contribution in [2.75, 3.05) is 0 Å². The molecule has 2 nitrogen and oxygen atoms in total. The number of rotatable bonds is 4. The van der Waals surface area contributed by atoms with E-state index in [1.54, 1.807) is 6.92 Å². The zero-order chi connectivity index (χ0) is 12.3. The van der Waals surface area contributed by atoms with E-state index < -0.39 is 0 Å². The molecule has 0 amide bonds. The molecule has 2 aromatic rings. The van der Waals surface area contributed by atoms with Gasteiger partial charge in [0.25, 0.3) is 0 Å². The predicted molar refractivity (Wildman–Crippen MR) is 70.1 cm³/mol. The number of aryl methyl sites for hydroxylation is 2. The Kier molecular flexibility index (Phi) is 3.52. The molecule has 0 atom stereocenters. The maximum Gasteiger partial charge on any atom is 0.129 e. The summed E-state index contributed by atoms with van der Waals surface area (Å²) in [5.41, 5.74) is 3.58. The zero-order valence-electron chi connectivity index (χ0n) is 10.4. The highest BCUT2D eigenvalue weighted by Gasteiger charge is 2.04. The van der Waals surface area contributed by atoms with Crippen molar-refractivity contribution in [2.45, 2.75) is 33.1 Å². The van der Waals surface area contributed by atoms with Gasteiger partial charge in [-0.2, -0.15) is 0 Å². The Bertz CT molecular complexity index is 546. The summed E-state index contributed by atoms with van der Waals surface area (Å²) in [6, 6.07) is 8.33. The molecule has 0 fully saturated rings. The molecular formula is C15H17NO. The number of pyridine rings is 1. The lowest BCUT2D eigenvalue weighted by molar-refractivity contribution is -0.117. The average Bonchev–Trinajstić information content (AvgIpc) is 2.32. The third-order valence-corrected chi connectivity index (χ3v) is 3.05. The van der Waals surface area contributed by atoms with Gasteiger partial charge in [0.1, 0.15) is 5.78 Å². The molecule has 88 valence electrons. The van der Waals surface area contributed by atoms with Crippen molar-refractivity contribution in [1.82, 2.24) is 4.98 Å². The number of Topliss-reactive ketones (excluding diaryl/α,β-unsaturated/α-hetero) is 1. The SMILES string of the molecule is CC(=O)CCCc1ccc(C)c2cccnc12. The van der Waals surface area contributed by atoms with Gasteiger partial charge < -0.3 is 4.79 Å². The van der Waals surface area contributed by atoms with Crippen molar-refractivity contribution < 1.29 is 4.79 Å². The molecule has 0 spiro atoms. The number of fused-ring (bicyclic) bond motifs is 1. The largest absolute Gasteiger partial charge is 0.300 e. The highest BCUT2D eigenvalue weighted by Crippen LogP contribution is 2.21. The molecule has 0 bridgehead atoms. The van der Waals surface area contributed by atoms with E-state index in [0.717, 1.165) is 18.4 Å². The molecule has 1 heterocycles. The fourth-order valence-corrected chi connectivity index (χ4v) is 2.10. The van der Waals surface area contributed by atoms with Crippen molar-refractivity contribution in [3.63, 3.8) is 0 Å². The second-order valence-electron chi connectivity index (χ2n) is 4.50. The van der Waals surface area contributed by atoms with E-state index in [0.29, 0.717) is 6.42 Å². The van der Waals surface area contributed by atoms with Crippen LogP contribution in [0.25, 0.3) is 10.9 Å². The van der Waals surface area contributed by atoms with Crippen LogP contribution in [0, 0.1) is 6.92 Å². The fraction of sp³-hybridized carbons (Fsp3) is 0.333. The zero-order valence-corrected chi connectivity index (χ0v) is 10.4. The van der Waals surface area contributed by atoms with Gasteiger partial charge in [0, 0.05) is 18.0 Å². The molecule has 1 aromatic carbocycles. The fourth-order valence-electron chi connectivity index (χ4n) is 2.10. The number of aromatic nitrogens is 1. The second kappa shape index (κ2) is 5.09. The van der Waals surface area contributed by atoms with Crippen molar-refractivity contribution in [1.29, 1.82) is 0 Å². The Morgan fingerprint density at radius 3 is 2.88 bits per heavy atom. The molecule has 2 rings (SSSR count). The molecule has 0 saturated heterocycles. The highest BCUT2D eigenvalue weighted by atomic mass is 16.1. The lowest BCUT2D eigenvalue weighted by Gasteiger charge is -2.07. The molecule has 0 N–H and O–H groups in total. The molecule has 0 saturated carbocycles. The van der Waals surface area contributed by atoms with E-state index >= 15 is 0 Å². The lowest BCUT2D eigenvalue weighted by atomic mass is 10.0. The summed E-state index contributed by atoms with van der Waals surface area (Å²) in [7, 11) is 0. The summed E-state index contributed by atoms with van der Waals surface area (Å²) in [5.74, 6) is 0.259. The van der Waals surface area contributed by atoms with Crippen LogP contribution in [-0.2, 0) is 11.2 Å². The van der Waals surface area contributed by atoms with Gasteiger partial charge in [-0.05, 0) is 43.9 Å². The monoisotopic (exact) mass is 227 g/mol. The molecular weight excluding hydrogens is 210 g/mol. The van der Waals surface area contributed by atoms with Crippen LogP contribution in [0.3, 0.4) is 0 Å². The highest BCUT2D eigenvalue weighted by molar-refractivity contribution is 5.84. The minimum atomic E-state index is 0.259. The molecule has 0 aliphatic heterocycles. The average molecular weight is 227 g/mol. The van der Waals surface area contributed by atoms with E-state index in [1.165, 1.54) is 16.5 Å². The molecule has 0 radical (unpaired) electrons. The molecule has 0 unspecified atom stereocenters. The van der Waals surface area contributed by atoms with E-state index in [-0.39, 0.29) is 5.78 Å². The van der Waals surface area contributed by atoms with E-state index in [2.05, 4.69) is 30.1 Å². The number of hydrogen-bond acceptors (Lipinski definition) is 2. The van der Waals surface area contributed by atoms with Crippen LogP contribution in [0.1, 0.15) is 30.9 Å². The van der Waals surface area contributed by atoms with Crippen molar-refractivity contribution >= 4 is 16.7 Å². The van der Waals surface area contributed by atoms with Crippen LogP contribution in [0.5, 0.6) is 0 Å². The molecule has 1 aromatic heterocycles. The number of carbonyl (C=O) groups excluding carboxylic acids is 1. The predicted octanol–water partition coefficient (Wildman–Crippen LogP) is 3.45. The Labute approximate surface area is 102 Å². The summed E-state index contributed by atoms with van der Waals surface area (Å²) in [5, 5.41) is 1.22. The Balaban J connectivity index is 2.28. The summed E-state index contributed by atoms with van der Waals surface area (Å²) in [6.07, 6.45) is 4.32. The molecule has 0 aliphatic carbocycles. The standard InChI is InChI=1S/C15H17NO/c1-11-8-9-13(6-3-5-12(2)17)15-14(11)7-4-10-16-15/h4,7-10H,3,5-6H2,1-2H3. The topological polar surface area (TPSA) is 30.0 Å². The number of ketones is 1. The number of hydrogen-bond donors (Lipinski definition) is 0. The van der Waals surface area contributed by atoms with Crippen LogP contribution < -0.4 is 0 Å². The van der Waals surface area contributed by atoms with Gasteiger partial charge >= 0.3 is 0 Å². The Hall–Kier alpha value is -1.70. The first-order valence-electron chi connectivity index (χ1n) is 6.01. The summed E-state index contributed by atoms with van der Waals surface area (Å²) >= 11 is 0. The first-order chi connectivity index (χ1) is 8.18. The molecule has 17 heavy (non-hydrogen) atoms. The van der Waals surface area contributed by atoms with Gasteiger partial charge in [0.15, 0.2) is 0 Å². The Morgan fingerprint density at radius 2 is 2.12 bits per heavy atom. The van der Waals surface area contributed by atoms with Gasteiger partial charge in [0.05, 0.1) is 5.52 Å². The van der Waals surface area contributed by atoms with E-state index in [4.69, 9.17) is 0 Å². The lowest BCUT2D eigenvalue weighted by Crippen LogP contribution is -1.95. The Morgan fingerprint density at radius 1 is 1.29 bits per heavy atom. The minimum absolute atomic E-state index is 0.259. The van der Waals surface area contributed by atoms with Crippen LogP contribution >= 0.6 is 0 Å². The third kappa shape index (κ3) is 2.70. The number of nitrogens with zero attached hydrogens (tertiary/aromatic N) is 1. The van der Waals surface area contributed by atoms with Gasteiger partial charge in [-0.1, -0.05) is 18.2 Å². The maximum absolute atomic E-state index is 10.9. The van der Waals surface area contributed by atoms with Crippen LogP contribution in [0.15, 0.2) is 30.5 Å². The number of benzene rings is 1. The quantitative estimate of drug-likeness (QED) is 0.800. The van der Waals surface area contributed by atoms with Gasteiger partial charge in [-0.3, -0.25) is 4.98 Å². The van der Waals surface area contributed by atoms with Crippen molar-refractivity contribution in [3.05, 3.63) is 41.6 Å². The van der Waals surface area contributed by atoms with Crippen LogP contribution in [-0.4, -0.2) is 10.8 Å². The van der Waals surface area contributed by atoms with Gasteiger partial charge in [0.2, 0.25) is 0 Å². The third-order valence-electron chi connectivity index (χ3n) is 3.05. The van der Waals surface area contributed by atoms with Crippen LogP contribution in [0.4, 0.5) is 0 Å². The molecule has 0 aliphatic rings. The van der Waals surface area contributed by atoms with Gasteiger partial charge in [-0.25, -0.2) is 0 Å². The van der Waals surface area contributed by atoms with Gasteiger partial charge in [-0.15, -0.1) is 0 Å². The smallest absolute Gasteiger partial charge is 0.129 e. The molecule has 2 heteroatoms. The van der Waals surface area contributed by atoms with Crippen LogP contribution in [0.2, 0.25) is 0 Å². The summed E-state index contributed by atoms with van der Waals surface area (Å²) in [6.45, 7) is 3.74. The van der Waals surface area contributed by atoms with Crippen molar-refractivity contribution in [2.24, 2.45) is 0 Å². The summed E-state index contributed by atoms with van der Waals surface area (Å²) < 4.78 is 0. The normalized spacial score (nSPS) is 10.7.